The number of pyridine rings is 1. The van der Waals surface area contributed by atoms with E-state index in [2.05, 4.69) is 9.98 Å². The maximum Gasteiger partial charge on any atom is 0.315 e. The molecule has 0 saturated heterocycles. The van der Waals surface area contributed by atoms with Gasteiger partial charge in [0.2, 0.25) is 0 Å². The van der Waals surface area contributed by atoms with Crippen molar-refractivity contribution in [3.63, 3.8) is 0 Å². The lowest BCUT2D eigenvalue weighted by atomic mass is 9.76. The van der Waals surface area contributed by atoms with E-state index in [-0.39, 0.29) is 24.0 Å². The Hall–Kier alpha value is -3.99. The lowest BCUT2D eigenvalue weighted by Crippen LogP contribution is -2.36. The first kappa shape index (κ1) is 20.3. The maximum atomic E-state index is 13.0. The van der Waals surface area contributed by atoms with Crippen molar-refractivity contribution in [2.24, 2.45) is 10.9 Å². The fourth-order valence-corrected chi connectivity index (χ4v) is 4.03. The highest BCUT2D eigenvalue weighted by Gasteiger charge is 2.41. The van der Waals surface area contributed by atoms with Gasteiger partial charge < -0.3 is 14.1 Å². The number of esters is 1. The molecular weight excluding hydrogens is 398 g/mol. The molecule has 0 radical (unpaired) electrons. The van der Waals surface area contributed by atoms with Crippen LogP contribution in [0, 0.1) is 24.2 Å². The molecule has 3 aromatic rings. The second-order valence-electron chi connectivity index (χ2n) is 7.34. The minimum atomic E-state index is -0.911. The Morgan fingerprint density at radius 3 is 2.87 bits per heavy atom. The van der Waals surface area contributed by atoms with Crippen molar-refractivity contribution in [3.05, 3.63) is 74.0 Å². The number of nitrogens with zero attached hydrogens (tertiary/aromatic N) is 2. The zero-order valence-electron chi connectivity index (χ0n) is 17.0. The summed E-state index contributed by atoms with van der Waals surface area (Å²) >= 11 is 0. The van der Waals surface area contributed by atoms with Gasteiger partial charge in [0.05, 0.1) is 29.1 Å². The van der Waals surface area contributed by atoms with Crippen LogP contribution in [0.2, 0.25) is 0 Å². The number of nitriles is 1. The highest BCUT2D eigenvalue weighted by atomic mass is 16.5. The largest absolute Gasteiger partial charge is 0.464 e. The fraction of sp³-hybridized carbons (Fsp3) is 0.261. The molecule has 0 amide bonds. The second-order valence-corrected chi connectivity index (χ2v) is 7.34. The molecule has 8 nitrogen and oxygen atoms in total. The van der Waals surface area contributed by atoms with Gasteiger partial charge in [-0.2, -0.15) is 5.26 Å². The van der Waals surface area contributed by atoms with Gasteiger partial charge in [0, 0.05) is 29.5 Å². The van der Waals surface area contributed by atoms with Gasteiger partial charge in [-0.1, -0.05) is 12.1 Å². The van der Waals surface area contributed by atoms with Gasteiger partial charge in [0.15, 0.2) is 5.43 Å². The molecule has 8 heteroatoms. The van der Waals surface area contributed by atoms with E-state index in [0.29, 0.717) is 39.3 Å². The molecule has 3 heterocycles. The first-order valence-corrected chi connectivity index (χ1v) is 9.76. The van der Waals surface area contributed by atoms with E-state index >= 15 is 0 Å². The number of carbonyl (C=O) groups is 1. The van der Waals surface area contributed by atoms with Crippen LogP contribution in [-0.4, -0.2) is 23.3 Å². The molecule has 1 aliphatic rings. The zero-order valence-corrected chi connectivity index (χ0v) is 17.0. The van der Waals surface area contributed by atoms with Gasteiger partial charge in [-0.05, 0) is 26.0 Å². The number of nitrogens with one attached hydrogen (secondary N) is 1. The monoisotopic (exact) mass is 417 g/mol. The number of aliphatic imine (C=N–C) groups is 1. The van der Waals surface area contributed by atoms with Crippen LogP contribution in [0.25, 0.3) is 11.0 Å². The number of hydrogen-bond donors (Lipinski definition) is 1. The highest BCUT2D eigenvalue weighted by Crippen LogP contribution is 2.42. The summed E-state index contributed by atoms with van der Waals surface area (Å²) in [6, 6.07) is 10.1. The van der Waals surface area contributed by atoms with Crippen LogP contribution in [-0.2, 0) is 9.53 Å². The normalized spacial score (nSPS) is 17.5. The number of ether oxygens (including phenoxy) is 1. The van der Waals surface area contributed by atoms with Crippen molar-refractivity contribution in [2.75, 3.05) is 6.61 Å². The molecule has 156 valence electrons. The number of fused-ring (bicyclic) bond motifs is 2. The number of hydrogen-bond acceptors (Lipinski definition) is 7. The summed E-state index contributed by atoms with van der Waals surface area (Å²) in [7, 11) is 0. The van der Waals surface area contributed by atoms with Gasteiger partial charge in [-0.25, -0.2) is 0 Å². The highest BCUT2D eigenvalue weighted by molar-refractivity contribution is 6.05. The maximum absolute atomic E-state index is 13.0. The number of carbonyl (C=O) groups excluding carboxylic acids is 1. The van der Waals surface area contributed by atoms with Gasteiger partial charge in [-0.3, -0.25) is 19.4 Å². The van der Waals surface area contributed by atoms with E-state index in [1.165, 1.54) is 12.3 Å². The predicted octanol–water partition coefficient (Wildman–Crippen LogP) is 3.10. The van der Waals surface area contributed by atoms with E-state index in [0.717, 1.165) is 0 Å². The Balaban J connectivity index is 1.99. The SMILES string of the molecule is CC1=Nc2cc[nH]c(=O)c2C(c2cccc3c(=O)cc(C)oc23)C1C(=O)OCCC#N. The molecule has 2 aromatic heterocycles. The smallest absolute Gasteiger partial charge is 0.315 e. The third kappa shape index (κ3) is 3.55. The summed E-state index contributed by atoms with van der Waals surface area (Å²) in [5.74, 6) is -1.87. The van der Waals surface area contributed by atoms with Crippen molar-refractivity contribution < 1.29 is 13.9 Å². The minimum Gasteiger partial charge on any atom is -0.464 e. The van der Waals surface area contributed by atoms with Crippen molar-refractivity contribution in [1.82, 2.24) is 4.98 Å². The van der Waals surface area contributed by atoms with Gasteiger partial charge in [-0.15, -0.1) is 0 Å². The van der Waals surface area contributed by atoms with E-state index in [1.807, 2.05) is 6.07 Å². The number of aromatic nitrogens is 1. The fourth-order valence-electron chi connectivity index (χ4n) is 4.03. The Bertz CT molecular complexity index is 1380. The molecule has 0 aliphatic carbocycles. The average molecular weight is 417 g/mol. The van der Waals surface area contributed by atoms with Gasteiger partial charge in [0.25, 0.3) is 5.56 Å². The molecule has 2 atom stereocenters. The number of aryl methyl sites for hydroxylation is 1. The first-order chi connectivity index (χ1) is 14.9. The van der Waals surface area contributed by atoms with Crippen LogP contribution in [0.4, 0.5) is 5.69 Å². The molecule has 0 bridgehead atoms. The van der Waals surface area contributed by atoms with Crippen molar-refractivity contribution >= 4 is 28.3 Å². The third-order valence-electron chi connectivity index (χ3n) is 5.32. The second kappa shape index (κ2) is 8.03. The standard InChI is InChI=1S/C23H19N3O5/c1-12-11-17(27)14-5-3-6-15(21(14)31-12)19-18(23(29)30-10-4-8-24)13(2)26-16-7-9-25-22(28)20(16)19/h3,5-7,9,11,18-19H,4,10H2,1-2H3,(H,25,28). The van der Waals surface area contributed by atoms with Crippen LogP contribution in [0.3, 0.4) is 0 Å². The van der Waals surface area contributed by atoms with Crippen LogP contribution < -0.4 is 11.0 Å². The summed E-state index contributed by atoms with van der Waals surface area (Å²) in [6.07, 6.45) is 1.55. The number of H-pyrrole nitrogens is 1. The molecule has 0 fully saturated rings. The minimum absolute atomic E-state index is 0.0544. The average Bonchev–Trinajstić information content (AvgIpc) is 2.72. The van der Waals surface area contributed by atoms with Gasteiger partial charge in [0.1, 0.15) is 23.9 Å². The van der Waals surface area contributed by atoms with Crippen molar-refractivity contribution in [2.45, 2.75) is 26.2 Å². The van der Waals surface area contributed by atoms with Crippen molar-refractivity contribution in [3.8, 4) is 6.07 Å². The van der Waals surface area contributed by atoms with Crippen LogP contribution >= 0.6 is 0 Å². The lowest BCUT2D eigenvalue weighted by molar-refractivity contribution is -0.146. The molecule has 31 heavy (non-hydrogen) atoms. The Labute approximate surface area is 176 Å². The van der Waals surface area contributed by atoms with Gasteiger partial charge >= 0.3 is 5.97 Å². The van der Waals surface area contributed by atoms with Crippen LogP contribution in [0.5, 0.6) is 0 Å². The van der Waals surface area contributed by atoms with Crippen LogP contribution in [0.15, 0.2) is 55.5 Å². The topological polar surface area (TPSA) is 126 Å². The lowest BCUT2D eigenvalue weighted by Gasteiger charge is -2.30. The molecule has 1 N–H and O–H groups in total. The number of para-hydroxylation sites is 1. The Morgan fingerprint density at radius 2 is 2.10 bits per heavy atom. The summed E-state index contributed by atoms with van der Waals surface area (Å²) < 4.78 is 11.2. The molecular formula is C23H19N3O5. The van der Waals surface area contributed by atoms with E-state index in [9.17, 15) is 14.4 Å². The summed E-state index contributed by atoms with van der Waals surface area (Å²) in [6.45, 7) is 3.30. The Kier molecular flexibility index (Phi) is 5.26. The molecule has 0 spiro atoms. The quantitative estimate of drug-likeness (QED) is 0.514. The number of rotatable bonds is 4. The summed E-state index contributed by atoms with van der Waals surface area (Å²) in [5.41, 5.74) is 1.45. The third-order valence-corrected chi connectivity index (χ3v) is 5.32. The molecule has 1 aromatic carbocycles. The zero-order chi connectivity index (χ0) is 22.1. The van der Waals surface area contributed by atoms with E-state index in [4.69, 9.17) is 14.4 Å². The number of aromatic amines is 1. The predicted molar refractivity (Wildman–Crippen MR) is 114 cm³/mol. The van der Waals surface area contributed by atoms with E-state index < -0.39 is 17.8 Å². The van der Waals surface area contributed by atoms with Crippen LogP contribution in [0.1, 0.15) is 36.1 Å². The van der Waals surface area contributed by atoms with E-state index in [1.54, 1.807) is 38.1 Å². The summed E-state index contributed by atoms with van der Waals surface area (Å²) in [5, 5.41) is 9.11. The molecule has 4 rings (SSSR count). The summed E-state index contributed by atoms with van der Waals surface area (Å²) in [4.78, 5) is 45.5. The Morgan fingerprint density at radius 1 is 1.29 bits per heavy atom. The first-order valence-electron chi connectivity index (χ1n) is 9.76. The molecule has 1 aliphatic heterocycles. The molecule has 0 saturated carbocycles. The molecule has 2 unspecified atom stereocenters. The number of benzene rings is 1. The van der Waals surface area contributed by atoms with Crippen molar-refractivity contribution in [1.29, 1.82) is 5.26 Å².